The van der Waals surface area contributed by atoms with Crippen LogP contribution in [0.1, 0.15) is 0 Å². The van der Waals surface area contributed by atoms with Crippen LogP contribution in [0, 0.1) is 0 Å². The number of benzene rings is 1. The summed E-state index contributed by atoms with van der Waals surface area (Å²) in [4.78, 5) is 0. The second-order valence-corrected chi connectivity index (χ2v) is 3.29. The maximum Gasteiger partial charge on any atom is 0.107 e. The Morgan fingerprint density at radius 1 is 1.31 bits per heavy atom. The summed E-state index contributed by atoms with van der Waals surface area (Å²) in [6.45, 7) is -0.291. The second kappa shape index (κ2) is 4.53. The van der Waals surface area contributed by atoms with Crippen molar-refractivity contribution < 1.29 is 4.39 Å². The van der Waals surface area contributed by atoms with Crippen LogP contribution in [0.4, 0.5) is 15.8 Å². The van der Waals surface area contributed by atoms with Gasteiger partial charge in [0.05, 0.1) is 15.7 Å². The summed E-state index contributed by atoms with van der Waals surface area (Å²) in [5, 5.41) is 3.57. The highest BCUT2D eigenvalue weighted by Crippen LogP contribution is 2.32. The van der Waals surface area contributed by atoms with E-state index in [2.05, 4.69) is 5.32 Å². The van der Waals surface area contributed by atoms with Crippen molar-refractivity contribution >= 4 is 34.6 Å². The average molecular weight is 223 g/mol. The van der Waals surface area contributed by atoms with Crippen molar-refractivity contribution in [1.82, 2.24) is 0 Å². The molecule has 0 heterocycles. The molecule has 0 unspecified atom stereocenters. The van der Waals surface area contributed by atoms with E-state index >= 15 is 0 Å². The molecule has 1 aromatic rings. The van der Waals surface area contributed by atoms with E-state index in [-0.39, 0.29) is 6.54 Å². The fourth-order valence-corrected chi connectivity index (χ4v) is 1.57. The van der Waals surface area contributed by atoms with Gasteiger partial charge in [-0.15, -0.1) is 0 Å². The van der Waals surface area contributed by atoms with Crippen molar-refractivity contribution in [2.24, 2.45) is 0 Å². The minimum Gasteiger partial charge on any atom is -0.399 e. The molecule has 0 spiro atoms. The number of halogens is 3. The van der Waals surface area contributed by atoms with Crippen molar-refractivity contribution in [3.63, 3.8) is 0 Å². The highest BCUT2D eigenvalue weighted by atomic mass is 35.5. The van der Waals surface area contributed by atoms with Crippen LogP contribution in [-0.4, -0.2) is 13.2 Å². The largest absolute Gasteiger partial charge is 0.399 e. The molecule has 2 nitrogen and oxygen atoms in total. The quantitative estimate of drug-likeness (QED) is 0.773. The molecular formula is C8H9Cl2FN2. The first-order chi connectivity index (χ1) is 6.15. The van der Waals surface area contributed by atoms with Crippen LogP contribution in [0.3, 0.4) is 0 Å². The Balaban J connectivity index is 2.92. The van der Waals surface area contributed by atoms with Crippen LogP contribution in [0.15, 0.2) is 12.1 Å². The molecule has 5 heteroatoms. The van der Waals surface area contributed by atoms with E-state index in [0.717, 1.165) is 0 Å². The van der Waals surface area contributed by atoms with E-state index in [9.17, 15) is 4.39 Å². The molecule has 1 aromatic carbocycles. The summed E-state index contributed by atoms with van der Waals surface area (Å²) in [7, 11) is 0. The first-order valence-corrected chi connectivity index (χ1v) is 4.45. The fraction of sp³-hybridized carbons (Fsp3) is 0.250. The maximum absolute atomic E-state index is 11.8. The van der Waals surface area contributed by atoms with Gasteiger partial charge in [0.25, 0.3) is 0 Å². The zero-order valence-corrected chi connectivity index (χ0v) is 8.29. The lowest BCUT2D eigenvalue weighted by Crippen LogP contribution is -2.04. The van der Waals surface area contributed by atoms with Gasteiger partial charge in [-0.3, -0.25) is 0 Å². The third-order valence-corrected chi connectivity index (χ3v) is 2.06. The third-order valence-electron chi connectivity index (χ3n) is 1.46. The standard InChI is InChI=1S/C8H9Cl2FN2/c9-6-3-5(12)4-7(10)8(6)13-2-1-11/h3-4,13H,1-2,12H2. The van der Waals surface area contributed by atoms with Crippen molar-refractivity contribution in [3.05, 3.63) is 22.2 Å². The number of anilines is 2. The lowest BCUT2D eigenvalue weighted by molar-refractivity contribution is 0.513. The smallest absolute Gasteiger partial charge is 0.107 e. The molecule has 1 rings (SSSR count). The van der Waals surface area contributed by atoms with Gasteiger partial charge >= 0.3 is 0 Å². The molecule has 13 heavy (non-hydrogen) atoms. The Morgan fingerprint density at radius 2 is 1.85 bits per heavy atom. The molecule has 0 saturated carbocycles. The highest BCUT2D eigenvalue weighted by Gasteiger charge is 2.05. The molecule has 0 amide bonds. The van der Waals surface area contributed by atoms with Crippen molar-refractivity contribution in [2.75, 3.05) is 24.3 Å². The molecule has 0 radical (unpaired) electrons. The number of alkyl halides is 1. The summed E-state index contributed by atoms with van der Waals surface area (Å²) in [6.07, 6.45) is 0. The van der Waals surface area contributed by atoms with Crippen LogP contribution < -0.4 is 11.1 Å². The first-order valence-electron chi connectivity index (χ1n) is 3.69. The number of hydrogen-bond acceptors (Lipinski definition) is 2. The second-order valence-electron chi connectivity index (χ2n) is 2.48. The number of nitrogens with two attached hydrogens (primary N) is 1. The predicted molar refractivity (Wildman–Crippen MR) is 55.3 cm³/mol. The lowest BCUT2D eigenvalue weighted by Gasteiger charge is -2.09. The molecule has 0 atom stereocenters. The minimum atomic E-state index is -0.475. The number of nitrogens with one attached hydrogen (secondary N) is 1. The Bertz CT molecular complexity index is 281. The van der Waals surface area contributed by atoms with Crippen molar-refractivity contribution in [3.8, 4) is 0 Å². The Hall–Kier alpha value is -0.670. The minimum absolute atomic E-state index is 0.184. The molecule has 72 valence electrons. The van der Waals surface area contributed by atoms with E-state index in [1.54, 1.807) is 12.1 Å². The van der Waals surface area contributed by atoms with Gasteiger partial charge in [0.2, 0.25) is 0 Å². The van der Waals surface area contributed by atoms with Gasteiger partial charge in [-0.25, -0.2) is 4.39 Å². The fourth-order valence-electron chi connectivity index (χ4n) is 0.934. The molecular weight excluding hydrogens is 214 g/mol. The van der Waals surface area contributed by atoms with Gasteiger partial charge < -0.3 is 11.1 Å². The van der Waals surface area contributed by atoms with Gasteiger partial charge in [-0.2, -0.15) is 0 Å². The van der Waals surface area contributed by atoms with Crippen LogP contribution in [0.5, 0.6) is 0 Å². The molecule has 0 aromatic heterocycles. The molecule has 0 aliphatic rings. The van der Waals surface area contributed by atoms with Crippen LogP contribution >= 0.6 is 23.2 Å². The van der Waals surface area contributed by atoms with Gasteiger partial charge in [0.1, 0.15) is 6.67 Å². The summed E-state index contributed by atoms with van der Waals surface area (Å²) < 4.78 is 11.8. The van der Waals surface area contributed by atoms with Gasteiger partial charge in [0, 0.05) is 12.2 Å². The zero-order valence-electron chi connectivity index (χ0n) is 6.78. The third kappa shape index (κ3) is 2.64. The maximum atomic E-state index is 11.8. The SMILES string of the molecule is Nc1cc(Cl)c(NCCF)c(Cl)c1. The summed E-state index contributed by atoms with van der Waals surface area (Å²) in [5.41, 5.74) is 6.50. The van der Waals surface area contributed by atoms with E-state index in [4.69, 9.17) is 28.9 Å². The van der Waals surface area contributed by atoms with Crippen LogP contribution in [-0.2, 0) is 0 Å². The lowest BCUT2D eigenvalue weighted by atomic mass is 10.3. The zero-order chi connectivity index (χ0) is 9.84. The van der Waals surface area contributed by atoms with Crippen LogP contribution in [0.25, 0.3) is 0 Å². The van der Waals surface area contributed by atoms with Crippen LogP contribution in [0.2, 0.25) is 10.0 Å². The molecule has 3 N–H and O–H groups in total. The van der Waals surface area contributed by atoms with E-state index in [1.807, 2.05) is 0 Å². The van der Waals surface area contributed by atoms with E-state index < -0.39 is 6.67 Å². The molecule has 0 bridgehead atoms. The predicted octanol–water partition coefficient (Wildman–Crippen LogP) is 2.96. The monoisotopic (exact) mass is 222 g/mol. The average Bonchev–Trinajstić information content (AvgIpc) is 2.02. The molecule has 0 fully saturated rings. The Labute approximate surface area is 85.8 Å². The van der Waals surface area contributed by atoms with Gasteiger partial charge in [-0.1, -0.05) is 23.2 Å². The number of nitrogen functional groups attached to an aromatic ring is 1. The summed E-state index contributed by atoms with van der Waals surface area (Å²) >= 11 is 11.6. The highest BCUT2D eigenvalue weighted by molar-refractivity contribution is 6.39. The van der Waals surface area contributed by atoms with Gasteiger partial charge in [-0.05, 0) is 12.1 Å². The first kappa shape index (κ1) is 10.4. The van der Waals surface area contributed by atoms with Crippen molar-refractivity contribution in [2.45, 2.75) is 0 Å². The molecule has 0 aliphatic heterocycles. The van der Waals surface area contributed by atoms with E-state index in [0.29, 0.717) is 21.4 Å². The normalized spacial score (nSPS) is 10.1. The topological polar surface area (TPSA) is 38.0 Å². The number of rotatable bonds is 3. The molecule has 0 saturated heterocycles. The number of hydrogen-bond donors (Lipinski definition) is 2. The summed E-state index contributed by atoms with van der Waals surface area (Å²) in [5.74, 6) is 0. The van der Waals surface area contributed by atoms with E-state index in [1.165, 1.54) is 0 Å². The molecule has 0 aliphatic carbocycles. The Morgan fingerprint density at radius 3 is 2.31 bits per heavy atom. The Kier molecular flexibility index (Phi) is 3.63. The van der Waals surface area contributed by atoms with Crippen molar-refractivity contribution in [1.29, 1.82) is 0 Å². The van der Waals surface area contributed by atoms with Gasteiger partial charge in [0.15, 0.2) is 0 Å². The summed E-state index contributed by atoms with van der Waals surface area (Å²) in [6, 6.07) is 3.13.